The fourth-order valence-corrected chi connectivity index (χ4v) is 4.33. The van der Waals surface area contributed by atoms with Crippen molar-refractivity contribution in [2.75, 3.05) is 43.4 Å². The third kappa shape index (κ3) is 6.17. The van der Waals surface area contributed by atoms with Crippen LogP contribution in [0.15, 0.2) is 85.3 Å². The number of anilines is 4. The van der Waals surface area contributed by atoms with Crippen molar-refractivity contribution in [2.24, 2.45) is 0 Å². The summed E-state index contributed by atoms with van der Waals surface area (Å²) < 4.78 is 0. The summed E-state index contributed by atoms with van der Waals surface area (Å²) in [5.74, 6) is 0.423. The van der Waals surface area contributed by atoms with E-state index in [2.05, 4.69) is 37.1 Å². The van der Waals surface area contributed by atoms with Crippen LogP contribution in [0.2, 0.25) is 0 Å². The molecule has 0 atom stereocenters. The molecule has 8 heteroatoms. The van der Waals surface area contributed by atoms with Gasteiger partial charge in [-0.05, 0) is 74.1 Å². The smallest absolute Gasteiger partial charge is 0.255 e. The maximum Gasteiger partial charge on any atom is 0.255 e. The van der Waals surface area contributed by atoms with E-state index in [1.807, 2.05) is 78.6 Å². The Kier molecular flexibility index (Phi) is 7.49. The van der Waals surface area contributed by atoms with Crippen LogP contribution in [0, 0.1) is 6.92 Å². The van der Waals surface area contributed by atoms with Crippen LogP contribution < -0.4 is 10.2 Å². The molecule has 2 aromatic heterocycles. The van der Waals surface area contributed by atoms with E-state index in [-0.39, 0.29) is 5.91 Å². The molecule has 37 heavy (non-hydrogen) atoms. The molecular formula is C29H31N7O. The topological polar surface area (TPSA) is 77.5 Å². The average Bonchev–Trinajstić information content (AvgIpc) is 2.92. The van der Waals surface area contributed by atoms with E-state index in [1.54, 1.807) is 18.6 Å². The first-order valence-corrected chi connectivity index (χ1v) is 12.5. The highest BCUT2D eigenvalue weighted by Gasteiger charge is 2.16. The molecule has 1 amide bonds. The summed E-state index contributed by atoms with van der Waals surface area (Å²) in [5, 5.41) is 3.00. The SMILES string of the molecule is Cc1ccnc(N(c2ccc(NC(=O)c3ccc(CN4CCN(C)CC4)cc3)cc2)c2cccnc2)n1. The third-order valence-corrected chi connectivity index (χ3v) is 6.49. The summed E-state index contributed by atoms with van der Waals surface area (Å²) in [6.45, 7) is 7.18. The Morgan fingerprint density at radius 1 is 0.919 bits per heavy atom. The first-order valence-electron chi connectivity index (χ1n) is 12.5. The molecule has 1 aliphatic rings. The van der Waals surface area contributed by atoms with Crippen LogP contribution in [0.25, 0.3) is 0 Å². The van der Waals surface area contributed by atoms with Gasteiger partial charge in [0.05, 0.1) is 11.9 Å². The number of aromatic nitrogens is 3. The molecule has 0 unspecified atom stereocenters. The monoisotopic (exact) mass is 493 g/mol. The zero-order chi connectivity index (χ0) is 25.6. The Balaban J connectivity index is 1.27. The molecule has 2 aromatic carbocycles. The molecule has 0 radical (unpaired) electrons. The molecule has 0 aliphatic carbocycles. The van der Waals surface area contributed by atoms with Crippen LogP contribution in [0.5, 0.6) is 0 Å². The second-order valence-corrected chi connectivity index (χ2v) is 9.32. The van der Waals surface area contributed by atoms with Crippen LogP contribution in [0.4, 0.5) is 23.0 Å². The molecule has 1 aliphatic heterocycles. The number of likely N-dealkylation sites (N-methyl/N-ethyl adjacent to an activating group) is 1. The van der Waals surface area contributed by atoms with Gasteiger partial charge in [0.2, 0.25) is 5.95 Å². The maximum absolute atomic E-state index is 12.9. The molecule has 0 saturated carbocycles. The van der Waals surface area contributed by atoms with Crippen molar-refractivity contribution >= 4 is 28.9 Å². The number of aryl methyl sites for hydroxylation is 1. The number of amides is 1. The van der Waals surface area contributed by atoms with Gasteiger partial charge in [0.25, 0.3) is 5.91 Å². The average molecular weight is 494 g/mol. The van der Waals surface area contributed by atoms with Crippen molar-refractivity contribution < 1.29 is 4.79 Å². The Morgan fingerprint density at radius 3 is 2.35 bits per heavy atom. The fraction of sp³-hybridized carbons (Fsp3) is 0.241. The van der Waals surface area contributed by atoms with Gasteiger partial charge in [-0.1, -0.05) is 12.1 Å². The second kappa shape index (κ2) is 11.3. The minimum atomic E-state index is -0.134. The number of rotatable bonds is 7. The van der Waals surface area contributed by atoms with Crippen LogP contribution in [0.1, 0.15) is 21.6 Å². The number of nitrogens with zero attached hydrogens (tertiary/aromatic N) is 6. The number of hydrogen-bond acceptors (Lipinski definition) is 7. The Bertz CT molecular complexity index is 1320. The molecule has 0 spiro atoms. The second-order valence-electron chi connectivity index (χ2n) is 9.32. The molecule has 0 bridgehead atoms. The molecule has 1 N–H and O–H groups in total. The summed E-state index contributed by atoms with van der Waals surface area (Å²) in [6.07, 6.45) is 5.25. The normalized spacial score (nSPS) is 14.3. The lowest BCUT2D eigenvalue weighted by Crippen LogP contribution is -2.43. The van der Waals surface area contributed by atoms with Gasteiger partial charge >= 0.3 is 0 Å². The first-order chi connectivity index (χ1) is 18.0. The fourth-order valence-electron chi connectivity index (χ4n) is 4.33. The number of pyridine rings is 1. The van der Waals surface area contributed by atoms with Crippen LogP contribution in [0.3, 0.4) is 0 Å². The third-order valence-electron chi connectivity index (χ3n) is 6.49. The number of benzene rings is 2. The molecular weight excluding hydrogens is 462 g/mol. The summed E-state index contributed by atoms with van der Waals surface area (Å²) in [4.78, 5) is 32.9. The zero-order valence-electron chi connectivity index (χ0n) is 21.2. The van der Waals surface area contributed by atoms with Crippen molar-refractivity contribution in [2.45, 2.75) is 13.5 Å². The Hall–Kier alpha value is -4.14. The number of carbonyl (C=O) groups excluding carboxylic acids is 1. The summed E-state index contributed by atoms with van der Waals surface area (Å²) >= 11 is 0. The molecule has 4 aromatic rings. The highest BCUT2D eigenvalue weighted by atomic mass is 16.1. The molecule has 1 saturated heterocycles. The summed E-state index contributed by atoms with van der Waals surface area (Å²) in [7, 11) is 2.16. The van der Waals surface area contributed by atoms with Gasteiger partial charge in [-0.3, -0.25) is 19.6 Å². The number of hydrogen-bond donors (Lipinski definition) is 1. The van der Waals surface area contributed by atoms with Crippen molar-refractivity contribution in [1.82, 2.24) is 24.8 Å². The van der Waals surface area contributed by atoms with Gasteiger partial charge in [-0.25, -0.2) is 9.97 Å². The van der Waals surface area contributed by atoms with Crippen LogP contribution >= 0.6 is 0 Å². The summed E-state index contributed by atoms with van der Waals surface area (Å²) in [6, 6.07) is 21.2. The van der Waals surface area contributed by atoms with Crippen molar-refractivity contribution in [3.63, 3.8) is 0 Å². The number of piperazine rings is 1. The molecule has 3 heterocycles. The largest absolute Gasteiger partial charge is 0.322 e. The van der Waals surface area contributed by atoms with E-state index < -0.39 is 0 Å². The highest BCUT2D eigenvalue weighted by Crippen LogP contribution is 2.32. The van der Waals surface area contributed by atoms with E-state index in [9.17, 15) is 4.79 Å². The standard InChI is InChI=1S/C29H31N7O/c1-22-13-15-31-29(32-22)36(27-4-3-14-30-20-27)26-11-9-25(10-12-26)33-28(37)24-7-5-23(6-8-24)21-35-18-16-34(2)17-19-35/h3-15,20H,16-19,21H2,1-2H3,(H,33,37). The van der Waals surface area contributed by atoms with Gasteiger partial charge in [0, 0.05) is 67.7 Å². The predicted octanol–water partition coefficient (Wildman–Crippen LogP) is 4.65. The van der Waals surface area contributed by atoms with E-state index in [1.165, 1.54) is 5.56 Å². The minimum absolute atomic E-state index is 0.134. The molecule has 5 rings (SSSR count). The highest BCUT2D eigenvalue weighted by molar-refractivity contribution is 6.04. The number of carbonyl (C=O) groups is 1. The van der Waals surface area contributed by atoms with Gasteiger partial charge in [0.15, 0.2) is 0 Å². The quantitative estimate of drug-likeness (QED) is 0.402. The van der Waals surface area contributed by atoms with Crippen molar-refractivity contribution in [1.29, 1.82) is 0 Å². The predicted molar refractivity (Wildman–Crippen MR) is 146 cm³/mol. The lowest BCUT2D eigenvalue weighted by Gasteiger charge is -2.32. The number of nitrogens with one attached hydrogen (secondary N) is 1. The summed E-state index contributed by atoms with van der Waals surface area (Å²) in [5.41, 5.74) is 5.16. The van der Waals surface area contributed by atoms with Gasteiger partial charge in [-0.15, -0.1) is 0 Å². The maximum atomic E-state index is 12.9. The lowest BCUT2D eigenvalue weighted by atomic mass is 10.1. The first kappa shape index (κ1) is 24.5. The van der Waals surface area contributed by atoms with E-state index >= 15 is 0 Å². The van der Waals surface area contributed by atoms with E-state index in [4.69, 9.17) is 0 Å². The van der Waals surface area contributed by atoms with Crippen LogP contribution in [-0.2, 0) is 6.54 Å². The minimum Gasteiger partial charge on any atom is -0.322 e. The zero-order valence-corrected chi connectivity index (χ0v) is 21.2. The molecule has 1 fully saturated rings. The van der Waals surface area contributed by atoms with E-state index in [0.717, 1.165) is 49.8 Å². The van der Waals surface area contributed by atoms with E-state index in [0.29, 0.717) is 17.2 Å². The van der Waals surface area contributed by atoms with Gasteiger partial charge < -0.3 is 10.2 Å². The van der Waals surface area contributed by atoms with Gasteiger partial charge in [-0.2, -0.15) is 0 Å². The lowest BCUT2D eigenvalue weighted by molar-refractivity contribution is 0.102. The van der Waals surface area contributed by atoms with Crippen molar-refractivity contribution in [3.8, 4) is 0 Å². The molecule has 8 nitrogen and oxygen atoms in total. The Morgan fingerprint density at radius 2 is 1.68 bits per heavy atom. The molecule has 188 valence electrons. The van der Waals surface area contributed by atoms with Gasteiger partial charge in [0.1, 0.15) is 0 Å². The Labute approximate surface area is 217 Å². The van der Waals surface area contributed by atoms with Crippen molar-refractivity contribution in [3.05, 3.63) is 102 Å². The van der Waals surface area contributed by atoms with Crippen LogP contribution in [-0.4, -0.2) is 63.9 Å².